The SMILES string of the molecule is Cc1cc(NC(=O)[C@@H]2C[C@@H](O)CN2C(=O)OCc2ccccc2)ccc1Oc1cccnc1. The highest BCUT2D eigenvalue weighted by molar-refractivity contribution is 5.97. The van der Waals surface area contributed by atoms with Crippen molar-refractivity contribution in [2.45, 2.75) is 32.1 Å². The Morgan fingerprint density at radius 1 is 1.15 bits per heavy atom. The number of nitrogens with one attached hydrogen (secondary N) is 1. The van der Waals surface area contributed by atoms with Crippen molar-refractivity contribution in [3.8, 4) is 11.5 Å². The molecule has 33 heavy (non-hydrogen) atoms. The first kappa shape index (κ1) is 22.3. The maximum absolute atomic E-state index is 12.9. The fourth-order valence-corrected chi connectivity index (χ4v) is 3.67. The van der Waals surface area contributed by atoms with E-state index in [1.54, 1.807) is 42.7 Å². The van der Waals surface area contributed by atoms with E-state index in [1.165, 1.54) is 4.90 Å². The number of ether oxygens (including phenoxy) is 2. The maximum atomic E-state index is 12.9. The molecular formula is C25H25N3O5. The number of anilines is 1. The fraction of sp³-hybridized carbons (Fsp3) is 0.240. The average Bonchev–Trinajstić information content (AvgIpc) is 3.22. The number of hydrogen-bond acceptors (Lipinski definition) is 6. The van der Waals surface area contributed by atoms with Crippen molar-refractivity contribution in [2.24, 2.45) is 0 Å². The third-order valence-corrected chi connectivity index (χ3v) is 5.33. The van der Waals surface area contributed by atoms with Crippen LogP contribution in [-0.4, -0.2) is 45.7 Å². The number of benzene rings is 2. The number of aryl methyl sites for hydroxylation is 1. The van der Waals surface area contributed by atoms with Crippen LogP contribution in [0.15, 0.2) is 73.1 Å². The van der Waals surface area contributed by atoms with Crippen LogP contribution in [0.4, 0.5) is 10.5 Å². The molecule has 4 rings (SSSR count). The summed E-state index contributed by atoms with van der Waals surface area (Å²) in [5.74, 6) is 0.869. The van der Waals surface area contributed by atoms with E-state index < -0.39 is 18.2 Å². The lowest BCUT2D eigenvalue weighted by Crippen LogP contribution is -2.43. The Labute approximate surface area is 191 Å². The van der Waals surface area contributed by atoms with E-state index in [1.807, 2.05) is 37.3 Å². The Hall–Kier alpha value is -3.91. The van der Waals surface area contributed by atoms with Crippen LogP contribution in [0.5, 0.6) is 11.5 Å². The predicted molar refractivity (Wildman–Crippen MR) is 122 cm³/mol. The second-order valence-electron chi connectivity index (χ2n) is 7.86. The van der Waals surface area contributed by atoms with Crippen LogP contribution in [0, 0.1) is 6.92 Å². The summed E-state index contributed by atoms with van der Waals surface area (Å²) in [4.78, 5) is 30.8. The number of aliphatic hydroxyl groups is 1. The zero-order valence-corrected chi connectivity index (χ0v) is 18.2. The number of carbonyl (C=O) groups is 2. The zero-order valence-electron chi connectivity index (χ0n) is 18.2. The summed E-state index contributed by atoms with van der Waals surface area (Å²) in [5, 5.41) is 12.9. The van der Waals surface area contributed by atoms with Gasteiger partial charge >= 0.3 is 6.09 Å². The van der Waals surface area contributed by atoms with Gasteiger partial charge in [-0.2, -0.15) is 0 Å². The highest BCUT2D eigenvalue weighted by Gasteiger charge is 2.40. The lowest BCUT2D eigenvalue weighted by atomic mass is 10.1. The molecule has 1 aromatic heterocycles. The van der Waals surface area contributed by atoms with Gasteiger partial charge in [-0.15, -0.1) is 0 Å². The van der Waals surface area contributed by atoms with Crippen LogP contribution in [0.1, 0.15) is 17.5 Å². The predicted octanol–water partition coefficient (Wildman–Crippen LogP) is 3.89. The number of hydrogen-bond donors (Lipinski definition) is 2. The standard InChI is InChI=1S/C25H25N3O5/c1-17-12-19(9-10-23(17)33-21-8-5-11-26-14-21)27-24(30)22-13-20(29)15-28(22)25(31)32-16-18-6-3-2-4-7-18/h2-12,14,20,22,29H,13,15-16H2,1H3,(H,27,30)/t20-,22+/m1/s1. The third kappa shape index (κ3) is 5.67. The topological polar surface area (TPSA) is 101 Å². The van der Waals surface area contributed by atoms with Gasteiger partial charge in [-0.05, 0) is 48.4 Å². The van der Waals surface area contributed by atoms with Gasteiger partial charge in [0.05, 0.1) is 18.8 Å². The van der Waals surface area contributed by atoms with Gasteiger partial charge in [0, 0.05) is 18.3 Å². The molecule has 0 spiro atoms. The number of pyridine rings is 1. The van der Waals surface area contributed by atoms with Gasteiger partial charge in [-0.25, -0.2) is 4.79 Å². The summed E-state index contributed by atoms with van der Waals surface area (Å²) in [5.41, 5.74) is 2.23. The largest absolute Gasteiger partial charge is 0.455 e. The van der Waals surface area contributed by atoms with Gasteiger partial charge in [0.25, 0.3) is 0 Å². The van der Waals surface area contributed by atoms with Gasteiger partial charge in [-0.1, -0.05) is 30.3 Å². The minimum atomic E-state index is -0.824. The van der Waals surface area contributed by atoms with Crippen molar-refractivity contribution in [2.75, 3.05) is 11.9 Å². The number of β-amino-alcohol motifs (C(OH)–C–C–N with tert-alkyl or cyclic N) is 1. The number of nitrogens with zero attached hydrogens (tertiary/aromatic N) is 2. The van der Waals surface area contributed by atoms with Crippen molar-refractivity contribution >= 4 is 17.7 Å². The highest BCUT2D eigenvalue weighted by Crippen LogP contribution is 2.28. The van der Waals surface area contributed by atoms with Crippen molar-refractivity contribution in [1.82, 2.24) is 9.88 Å². The second kappa shape index (κ2) is 10.1. The molecule has 0 radical (unpaired) electrons. The molecule has 8 heteroatoms. The Morgan fingerprint density at radius 2 is 1.97 bits per heavy atom. The molecule has 1 aliphatic rings. The van der Waals surface area contributed by atoms with Crippen LogP contribution >= 0.6 is 0 Å². The first-order chi connectivity index (χ1) is 16.0. The first-order valence-corrected chi connectivity index (χ1v) is 10.6. The Bertz CT molecular complexity index is 1110. The molecule has 2 amide bonds. The van der Waals surface area contributed by atoms with Crippen molar-refractivity contribution in [3.63, 3.8) is 0 Å². The molecule has 2 heterocycles. The summed E-state index contributed by atoms with van der Waals surface area (Å²) < 4.78 is 11.2. The van der Waals surface area contributed by atoms with E-state index >= 15 is 0 Å². The molecule has 170 valence electrons. The number of aromatic nitrogens is 1. The summed E-state index contributed by atoms with van der Waals surface area (Å²) in [6, 6.07) is 17.3. The molecule has 2 N–H and O–H groups in total. The number of carbonyl (C=O) groups excluding carboxylic acids is 2. The van der Waals surface area contributed by atoms with E-state index in [-0.39, 0.29) is 25.5 Å². The molecule has 2 atom stereocenters. The van der Waals surface area contributed by atoms with Crippen molar-refractivity contribution < 1.29 is 24.2 Å². The molecule has 2 aromatic carbocycles. The Balaban J connectivity index is 1.39. The van der Waals surface area contributed by atoms with Crippen LogP contribution in [-0.2, 0) is 16.1 Å². The monoisotopic (exact) mass is 447 g/mol. The zero-order chi connectivity index (χ0) is 23.2. The lowest BCUT2D eigenvalue weighted by Gasteiger charge is -2.23. The highest BCUT2D eigenvalue weighted by atomic mass is 16.6. The van der Waals surface area contributed by atoms with Gasteiger partial charge in [0.15, 0.2) is 0 Å². The summed E-state index contributed by atoms with van der Waals surface area (Å²) in [6.45, 7) is 2.01. The van der Waals surface area contributed by atoms with Gasteiger partial charge in [0.2, 0.25) is 5.91 Å². The molecule has 1 saturated heterocycles. The third-order valence-electron chi connectivity index (χ3n) is 5.33. The molecular weight excluding hydrogens is 422 g/mol. The van der Waals surface area contributed by atoms with E-state index in [9.17, 15) is 14.7 Å². The van der Waals surface area contributed by atoms with E-state index in [2.05, 4.69) is 10.3 Å². The number of amides is 2. The van der Waals surface area contributed by atoms with Gasteiger partial charge in [0.1, 0.15) is 24.1 Å². The minimum absolute atomic E-state index is 0.0443. The summed E-state index contributed by atoms with van der Waals surface area (Å²) in [7, 11) is 0. The van der Waals surface area contributed by atoms with Crippen molar-refractivity contribution in [3.05, 3.63) is 84.2 Å². The van der Waals surface area contributed by atoms with Gasteiger partial charge < -0.3 is 19.9 Å². The average molecular weight is 447 g/mol. The van der Waals surface area contributed by atoms with E-state index in [0.29, 0.717) is 17.2 Å². The van der Waals surface area contributed by atoms with Crippen LogP contribution in [0.2, 0.25) is 0 Å². The molecule has 0 bridgehead atoms. The maximum Gasteiger partial charge on any atom is 0.410 e. The van der Waals surface area contributed by atoms with Crippen molar-refractivity contribution in [1.29, 1.82) is 0 Å². The number of aliphatic hydroxyl groups excluding tert-OH is 1. The number of likely N-dealkylation sites (tertiary alicyclic amines) is 1. The normalized spacial score (nSPS) is 17.5. The lowest BCUT2D eigenvalue weighted by molar-refractivity contribution is -0.120. The van der Waals surface area contributed by atoms with Crippen LogP contribution in [0.25, 0.3) is 0 Å². The smallest absolute Gasteiger partial charge is 0.410 e. The van der Waals surface area contributed by atoms with Gasteiger partial charge in [-0.3, -0.25) is 14.7 Å². The summed E-state index contributed by atoms with van der Waals surface area (Å²) >= 11 is 0. The Kier molecular flexibility index (Phi) is 6.85. The van der Waals surface area contributed by atoms with Crippen LogP contribution in [0.3, 0.4) is 0 Å². The molecule has 0 aliphatic carbocycles. The number of rotatable bonds is 6. The minimum Gasteiger partial charge on any atom is -0.455 e. The molecule has 1 fully saturated rings. The molecule has 3 aromatic rings. The molecule has 0 saturated carbocycles. The Morgan fingerprint density at radius 3 is 2.70 bits per heavy atom. The second-order valence-corrected chi connectivity index (χ2v) is 7.86. The molecule has 8 nitrogen and oxygen atoms in total. The molecule has 0 unspecified atom stereocenters. The van der Waals surface area contributed by atoms with Crippen LogP contribution < -0.4 is 10.1 Å². The summed E-state index contributed by atoms with van der Waals surface area (Å²) in [6.07, 6.45) is 2.01. The fourth-order valence-electron chi connectivity index (χ4n) is 3.67. The molecule has 1 aliphatic heterocycles. The van der Waals surface area contributed by atoms with E-state index in [0.717, 1.165) is 11.1 Å². The quantitative estimate of drug-likeness (QED) is 0.595. The van der Waals surface area contributed by atoms with E-state index in [4.69, 9.17) is 9.47 Å². The first-order valence-electron chi connectivity index (χ1n) is 10.6.